The number of alkyl halides is 12. The third-order valence-electron chi connectivity index (χ3n) is 2.44. The number of nitrogens with one attached hydrogen (secondary N) is 1. The molecule has 0 aliphatic heterocycles. The molecule has 0 fully saturated rings. The second kappa shape index (κ2) is 5.15. The molecular formula is C8H3F12N2O. The SMILES string of the molecule is N=C(N)C(F)(F)C(F)(F)C(F)(F)C(F)(F)C(F)(F)C(F)(F)[C]=O. The molecule has 1 radical (unpaired) electrons. The molecule has 0 saturated carbocycles. The molecule has 0 rings (SSSR count). The van der Waals surface area contributed by atoms with Crippen molar-refractivity contribution in [2.24, 2.45) is 5.73 Å². The Kier molecular flexibility index (Phi) is 4.77. The van der Waals surface area contributed by atoms with Crippen LogP contribution in [0.2, 0.25) is 0 Å². The van der Waals surface area contributed by atoms with E-state index in [1.54, 1.807) is 0 Å². The standard InChI is InChI=1S/C8H3F12N2O/c9-3(10,1-23)5(13,14)7(17,18)8(19,20)6(15,16)4(11,12)2(21)22/h(H3,21,22). The van der Waals surface area contributed by atoms with Crippen molar-refractivity contribution < 1.29 is 57.5 Å². The molecule has 0 aromatic rings. The van der Waals surface area contributed by atoms with Gasteiger partial charge in [-0.1, -0.05) is 0 Å². The predicted molar refractivity (Wildman–Crippen MR) is 47.3 cm³/mol. The lowest BCUT2D eigenvalue weighted by Gasteiger charge is -2.39. The quantitative estimate of drug-likeness (QED) is 0.411. The monoisotopic (exact) mass is 371 g/mol. The summed E-state index contributed by atoms with van der Waals surface area (Å²) in [6, 6.07) is 0. The van der Waals surface area contributed by atoms with E-state index in [4.69, 9.17) is 5.41 Å². The van der Waals surface area contributed by atoms with Crippen molar-refractivity contribution >= 4 is 12.1 Å². The molecule has 135 valence electrons. The molecule has 0 heterocycles. The lowest BCUT2D eigenvalue weighted by Crippen LogP contribution is -2.72. The molecule has 3 nitrogen and oxygen atoms in total. The smallest absolute Gasteiger partial charge is 0.382 e. The van der Waals surface area contributed by atoms with Crippen molar-refractivity contribution in [2.75, 3.05) is 0 Å². The molecule has 0 saturated heterocycles. The van der Waals surface area contributed by atoms with Crippen LogP contribution in [0.5, 0.6) is 0 Å². The van der Waals surface area contributed by atoms with Crippen LogP contribution in [0.1, 0.15) is 0 Å². The molecule has 0 spiro atoms. The Labute approximate surface area is 117 Å². The van der Waals surface area contributed by atoms with Gasteiger partial charge < -0.3 is 5.73 Å². The van der Waals surface area contributed by atoms with Crippen LogP contribution in [0.15, 0.2) is 0 Å². The van der Waals surface area contributed by atoms with Crippen LogP contribution in [0.3, 0.4) is 0 Å². The minimum atomic E-state index is -7.86. The van der Waals surface area contributed by atoms with Gasteiger partial charge >= 0.3 is 35.5 Å². The number of halogens is 12. The highest BCUT2D eigenvalue weighted by Crippen LogP contribution is 2.59. The topological polar surface area (TPSA) is 66.9 Å². The number of nitrogens with two attached hydrogens (primary N) is 1. The van der Waals surface area contributed by atoms with E-state index in [9.17, 15) is 57.5 Å². The average Bonchev–Trinajstić information content (AvgIpc) is 2.37. The number of hydrogen-bond donors (Lipinski definition) is 2. The molecule has 3 N–H and O–H groups in total. The molecule has 23 heavy (non-hydrogen) atoms. The van der Waals surface area contributed by atoms with Crippen molar-refractivity contribution in [1.29, 1.82) is 5.41 Å². The molecule has 0 bridgehead atoms. The van der Waals surface area contributed by atoms with Gasteiger partial charge in [-0.15, -0.1) is 0 Å². The Balaban J connectivity index is 6.39. The number of amidine groups is 1. The molecule has 0 aromatic heterocycles. The summed E-state index contributed by atoms with van der Waals surface area (Å²) in [5.41, 5.74) is 3.79. The first-order chi connectivity index (χ1) is 9.75. The summed E-state index contributed by atoms with van der Waals surface area (Å²) in [4.78, 5) is 9.48. The molecular weight excluding hydrogens is 368 g/mol. The van der Waals surface area contributed by atoms with Crippen LogP contribution in [-0.4, -0.2) is 47.7 Å². The Morgan fingerprint density at radius 1 is 0.696 bits per heavy atom. The third-order valence-corrected chi connectivity index (χ3v) is 2.44. The Hall–Kier alpha value is -1.70. The molecule has 0 atom stereocenters. The largest absolute Gasteiger partial charge is 0.386 e. The summed E-state index contributed by atoms with van der Waals surface area (Å²) in [5, 5.41) is 5.92. The first-order valence-corrected chi connectivity index (χ1v) is 4.76. The zero-order chi connectivity index (χ0) is 19.3. The molecule has 15 heteroatoms. The van der Waals surface area contributed by atoms with Gasteiger partial charge in [-0.3, -0.25) is 10.2 Å². The first kappa shape index (κ1) is 21.3. The van der Waals surface area contributed by atoms with Gasteiger partial charge in [0.1, 0.15) is 0 Å². The second-order valence-electron chi connectivity index (χ2n) is 3.96. The van der Waals surface area contributed by atoms with Crippen molar-refractivity contribution in [3.05, 3.63) is 0 Å². The summed E-state index contributed by atoms with van der Waals surface area (Å²) in [5.74, 6) is -47.2. The maximum atomic E-state index is 12.9. The number of carbonyl (C=O) groups excluding carboxylic acids is 1. The van der Waals surface area contributed by atoms with Crippen molar-refractivity contribution in [3.8, 4) is 0 Å². The van der Waals surface area contributed by atoms with Gasteiger partial charge in [0.2, 0.25) is 0 Å². The minimum absolute atomic E-state index is 1.07. The van der Waals surface area contributed by atoms with Crippen LogP contribution < -0.4 is 5.73 Å². The Morgan fingerprint density at radius 3 is 1.26 bits per heavy atom. The first-order valence-electron chi connectivity index (χ1n) is 4.76. The zero-order valence-electron chi connectivity index (χ0n) is 10.0. The minimum Gasteiger partial charge on any atom is -0.382 e. The van der Waals surface area contributed by atoms with Crippen molar-refractivity contribution in [2.45, 2.75) is 35.5 Å². The molecule has 0 aliphatic rings. The average molecular weight is 371 g/mol. The highest BCUT2D eigenvalue weighted by atomic mass is 19.4. The van der Waals surface area contributed by atoms with Crippen LogP contribution in [-0.2, 0) is 4.79 Å². The van der Waals surface area contributed by atoms with E-state index in [0.717, 1.165) is 0 Å². The lowest BCUT2D eigenvalue weighted by molar-refractivity contribution is -0.410. The van der Waals surface area contributed by atoms with E-state index in [-0.39, 0.29) is 0 Å². The Morgan fingerprint density at radius 2 is 1.00 bits per heavy atom. The summed E-state index contributed by atoms with van der Waals surface area (Å²) < 4.78 is 153. The second-order valence-corrected chi connectivity index (χ2v) is 3.96. The van der Waals surface area contributed by atoms with Gasteiger partial charge in [0.25, 0.3) is 6.29 Å². The van der Waals surface area contributed by atoms with Crippen molar-refractivity contribution in [1.82, 2.24) is 0 Å². The number of rotatable bonds is 7. The van der Waals surface area contributed by atoms with Gasteiger partial charge in [0.15, 0.2) is 5.84 Å². The fourth-order valence-electron chi connectivity index (χ4n) is 1.02. The van der Waals surface area contributed by atoms with Crippen LogP contribution in [0, 0.1) is 5.41 Å². The van der Waals surface area contributed by atoms with Gasteiger partial charge in [0.05, 0.1) is 0 Å². The highest BCUT2D eigenvalue weighted by molar-refractivity contribution is 5.85. The van der Waals surface area contributed by atoms with E-state index < -0.39 is 47.7 Å². The van der Waals surface area contributed by atoms with E-state index in [2.05, 4.69) is 5.73 Å². The Bertz CT molecular complexity index is 499. The van der Waals surface area contributed by atoms with Gasteiger partial charge in [0, 0.05) is 0 Å². The third kappa shape index (κ3) is 2.49. The van der Waals surface area contributed by atoms with E-state index >= 15 is 0 Å². The highest BCUT2D eigenvalue weighted by Gasteiger charge is 2.90. The number of hydrogen-bond acceptors (Lipinski definition) is 2. The van der Waals surface area contributed by atoms with Crippen LogP contribution in [0.4, 0.5) is 52.7 Å². The predicted octanol–water partition coefficient (Wildman–Crippen LogP) is 2.84. The fraction of sp³-hybridized carbons (Fsp3) is 0.750. The zero-order valence-corrected chi connectivity index (χ0v) is 10.0. The lowest BCUT2D eigenvalue weighted by atomic mass is 9.91. The molecule has 0 amide bonds. The van der Waals surface area contributed by atoms with Crippen LogP contribution >= 0.6 is 0 Å². The summed E-state index contributed by atoms with van der Waals surface area (Å²) in [6.45, 7) is 0. The van der Waals surface area contributed by atoms with Gasteiger partial charge in [-0.05, 0) is 0 Å². The maximum Gasteiger partial charge on any atom is 0.386 e. The maximum absolute atomic E-state index is 12.9. The molecule has 0 aliphatic carbocycles. The summed E-state index contributed by atoms with van der Waals surface area (Å²) in [7, 11) is 0. The summed E-state index contributed by atoms with van der Waals surface area (Å²) >= 11 is 0. The molecule has 0 aromatic carbocycles. The van der Waals surface area contributed by atoms with Crippen molar-refractivity contribution in [3.63, 3.8) is 0 Å². The fourth-order valence-corrected chi connectivity index (χ4v) is 1.02. The normalized spacial score (nSPS) is 15.5. The van der Waals surface area contributed by atoms with Gasteiger partial charge in [-0.2, -0.15) is 52.7 Å². The van der Waals surface area contributed by atoms with Gasteiger partial charge in [-0.25, -0.2) is 0 Å². The van der Waals surface area contributed by atoms with E-state index in [1.807, 2.05) is 0 Å². The van der Waals surface area contributed by atoms with Crippen LogP contribution in [0.25, 0.3) is 0 Å². The molecule has 0 unspecified atom stereocenters. The van der Waals surface area contributed by atoms with E-state index in [1.165, 1.54) is 0 Å². The summed E-state index contributed by atoms with van der Waals surface area (Å²) in [6.07, 6.45) is -1.07. The van der Waals surface area contributed by atoms with E-state index in [0.29, 0.717) is 0 Å².